The number of anilines is 1. The van der Waals surface area contributed by atoms with Crippen molar-refractivity contribution < 1.29 is 4.79 Å². The average Bonchev–Trinajstić information content (AvgIpc) is 2.74. The summed E-state index contributed by atoms with van der Waals surface area (Å²) in [6, 6.07) is 15.6. The van der Waals surface area contributed by atoms with E-state index >= 15 is 0 Å². The van der Waals surface area contributed by atoms with E-state index in [1.54, 1.807) is 0 Å². The van der Waals surface area contributed by atoms with Crippen LogP contribution in [0.5, 0.6) is 0 Å². The number of para-hydroxylation sites is 1. The molecule has 0 saturated heterocycles. The summed E-state index contributed by atoms with van der Waals surface area (Å²) in [5, 5.41) is 3.42. The molecular weight excluding hydrogens is 302 g/mol. The molecule has 3 heteroatoms. The van der Waals surface area contributed by atoms with Crippen LogP contribution in [0, 0.1) is 0 Å². The van der Waals surface area contributed by atoms with Crippen molar-refractivity contribution in [2.24, 2.45) is 0 Å². The van der Waals surface area contributed by atoms with E-state index in [2.05, 4.69) is 21.2 Å². The smallest absolute Gasteiger partial charge is 0.194 e. The van der Waals surface area contributed by atoms with E-state index in [1.165, 1.54) is 0 Å². The number of fused-ring (bicyclic) bond motifs is 1. The fourth-order valence-corrected chi connectivity index (χ4v) is 3.37. The Balaban J connectivity index is 2.19. The third-order valence-corrected chi connectivity index (χ3v) is 4.46. The highest BCUT2D eigenvalue weighted by Crippen LogP contribution is 2.43. The van der Waals surface area contributed by atoms with Gasteiger partial charge in [-0.2, -0.15) is 0 Å². The SMILES string of the molecule is CCC1(c2ccccc2Br)Nc2ccccc2C1=O. The van der Waals surface area contributed by atoms with Gasteiger partial charge in [-0.25, -0.2) is 0 Å². The summed E-state index contributed by atoms with van der Waals surface area (Å²) in [4.78, 5) is 12.8. The van der Waals surface area contributed by atoms with Crippen LogP contribution < -0.4 is 5.32 Å². The largest absolute Gasteiger partial charge is 0.368 e. The molecule has 0 spiro atoms. The van der Waals surface area contributed by atoms with Gasteiger partial charge in [0.2, 0.25) is 0 Å². The molecule has 0 fully saturated rings. The van der Waals surface area contributed by atoms with Crippen LogP contribution in [-0.4, -0.2) is 5.78 Å². The Morgan fingerprint density at radius 1 is 1.11 bits per heavy atom. The van der Waals surface area contributed by atoms with E-state index in [1.807, 2.05) is 55.5 Å². The van der Waals surface area contributed by atoms with Gasteiger partial charge in [0.05, 0.1) is 0 Å². The van der Waals surface area contributed by atoms with Crippen LogP contribution in [0.1, 0.15) is 29.3 Å². The highest BCUT2D eigenvalue weighted by atomic mass is 79.9. The van der Waals surface area contributed by atoms with Crippen molar-refractivity contribution >= 4 is 27.4 Å². The molecule has 1 unspecified atom stereocenters. The molecule has 2 aromatic rings. The van der Waals surface area contributed by atoms with Gasteiger partial charge in [0, 0.05) is 15.7 Å². The Hall–Kier alpha value is -1.61. The van der Waals surface area contributed by atoms with Crippen molar-refractivity contribution in [2.75, 3.05) is 5.32 Å². The van der Waals surface area contributed by atoms with E-state index in [9.17, 15) is 4.79 Å². The fraction of sp³-hybridized carbons (Fsp3) is 0.188. The first-order chi connectivity index (χ1) is 9.19. The number of hydrogen-bond acceptors (Lipinski definition) is 2. The molecule has 0 aromatic heterocycles. The standard InChI is InChI=1S/C16H14BrNO/c1-2-16(12-8-4-5-9-13(12)17)15(19)11-7-3-6-10-14(11)18-16/h3-10,18H,2H2,1H3. The van der Waals surface area contributed by atoms with Gasteiger partial charge in [-0.15, -0.1) is 0 Å². The zero-order chi connectivity index (χ0) is 13.5. The van der Waals surface area contributed by atoms with Crippen LogP contribution in [0.4, 0.5) is 5.69 Å². The molecule has 0 bridgehead atoms. The molecule has 1 atom stereocenters. The second kappa shape index (κ2) is 4.49. The Kier molecular flexibility index (Phi) is 2.94. The summed E-state index contributed by atoms with van der Waals surface area (Å²) < 4.78 is 0.963. The van der Waals surface area contributed by atoms with Crippen LogP contribution in [0.3, 0.4) is 0 Å². The van der Waals surface area contributed by atoms with Crippen LogP contribution in [0.15, 0.2) is 53.0 Å². The topological polar surface area (TPSA) is 29.1 Å². The minimum absolute atomic E-state index is 0.150. The first-order valence-corrected chi connectivity index (χ1v) is 7.15. The molecule has 0 saturated carbocycles. The van der Waals surface area contributed by atoms with Crippen molar-refractivity contribution in [3.63, 3.8) is 0 Å². The lowest BCUT2D eigenvalue weighted by molar-refractivity contribution is 0.0913. The Morgan fingerprint density at radius 3 is 2.47 bits per heavy atom. The zero-order valence-corrected chi connectivity index (χ0v) is 12.2. The number of nitrogens with one attached hydrogen (secondary N) is 1. The van der Waals surface area contributed by atoms with Crippen molar-refractivity contribution in [3.05, 3.63) is 64.1 Å². The zero-order valence-electron chi connectivity index (χ0n) is 10.6. The maximum atomic E-state index is 12.8. The fourth-order valence-electron chi connectivity index (χ4n) is 2.74. The molecule has 3 rings (SSSR count). The molecule has 96 valence electrons. The van der Waals surface area contributed by atoms with Crippen molar-refractivity contribution in [1.82, 2.24) is 0 Å². The molecule has 19 heavy (non-hydrogen) atoms. The monoisotopic (exact) mass is 315 g/mol. The molecule has 1 N–H and O–H groups in total. The summed E-state index contributed by atoms with van der Waals surface area (Å²) in [5.74, 6) is 0.150. The number of rotatable bonds is 2. The molecule has 2 nitrogen and oxygen atoms in total. The predicted molar refractivity (Wildman–Crippen MR) is 80.5 cm³/mol. The number of ketones is 1. The number of carbonyl (C=O) groups excluding carboxylic acids is 1. The van der Waals surface area contributed by atoms with Crippen molar-refractivity contribution in [3.8, 4) is 0 Å². The van der Waals surface area contributed by atoms with E-state index in [-0.39, 0.29) is 5.78 Å². The lowest BCUT2D eigenvalue weighted by Crippen LogP contribution is -2.38. The Morgan fingerprint density at radius 2 is 1.79 bits per heavy atom. The molecule has 1 heterocycles. The lowest BCUT2D eigenvalue weighted by Gasteiger charge is -2.28. The van der Waals surface area contributed by atoms with Gasteiger partial charge >= 0.3 is 0 Å². The highest BCUT2D eigenvalue weighted by molar-refractivity contribution is 9.10. The van der Waals surface area contributed by atoms with Gasteiger partial charge < -0.3 is 5.32 Å². The summed E-state index contributed by atoms with van der Waals surface area (Å²) >= 11 is 3.56. The van der Waals surface area contributed by atoms with E-state index in [4.69, 9.17) is 0 Å². The summed E-state index contributed by atoms with van der Waals surface area (Å²) in [7, 11) is 0. The maximum absolute atomic E-state index is 12.8. The second-order valence-corrected chi connectivity index (χ2v) is 5.59. The molecular formula is C16H14BrNO. The maximum Gasteiger partial charge on any atom is 0.194 e. The predicted octanol–water partition coefficient (Wildman–Crippen LogP) is 4.36. The summed E-state index contributed by atoms with van der Waals surface area (Å²) in [6.07, 6.45) is 0.711. The van der Waals surface area contributed by atoms with Gasteiger partial charge in [0.25, 0.3) is 0 Å². The summed E-state index contributed by atoms with van der Waals surface area (Å²) in [6.45, 7) is 2.04. The Bertz CT molecular complexity index is 653. The van der Waals surface area contributed by atoms with E-state index in [0.29, 0.717) is 6.42 Å². The molecule has 0 aliphatic carbocycles. The van der Waals surface area contributed by atoms with Gasteiger partial charge in [-0.05, 0) is 30.2 Å². The quantitative estimate of drug-likeness (QED) is 0.892. The first-order valence-electron chi connectivity index (χ1n) is 6.36. The van der Waals surface area contributed by atoms with E-state index in [0.717, 1.165) is 21.3 Å². The number of carbonyl (C=O) groups is 1. The van der Waals surface area contributed by atoms with E-state index < -0.39 is 5.54 Å². The van der Waals surface area contributed by atoms with Crippen LogP contribution in [0.25, 0.3) is 0 Å². The van der Waals surface area contributed by atoms with Crippen molar-refractivity contribution in [1.29, 1.82) is 0 Å². The third-order valence-electron chi connectivity index (χ3n) is 3.77. The van der Waals surface area contributed by atoms with Crippen molar-refractivity contribution in [2.45, 2.75) is 18.9 Å². The van der Waals surface area contributed by atoms with Crippen LogP contribution in [-0.2, 0) is 5.54 Å². The molecule has 0 amide bonds. The normalized spacial score (nSPS) is 21.1. The minimum atomic E-state index is -0.649. The van der Waals surface area contributed by atoms with Gasteiger partial charge in [-0.3, -0.25) is 4.79 Å². The summed E-state index contributed by atoms with van der Waals surface area (Å²) in [5.41, 5.74) is 2.05. The number of Topliss-reactive ketones (excluding diaryl/α,β-unsaturated/α-hetero) is 1. The third kappa shape index (κ3) is 1.72. The number of hydrogen-bond donors (Lipinski definition) is 1. The number of benzene rings is 2. The average molecular weight is 316 g/mol. The molecule has 0 radical (unpaired) electrons. The minimum Gasteiger partial charge on any atom is -0.368 e. The first kappa shape index (κ1) is 12.4. The van der Waals surface area contributed by atoms with Gasteiger partial charge in [-0.1, -0.05) is 53.2 Å². The Labute approximate surface area is 121 Å². The second-order valence-electron chi connectivity index (χ2n) is 4.74. The molecule has 1 aliphatic heterocycles. The van der Waals surface area contributed by atoms with Crippen LogP contribution in [0.2, 0.25) is 0 Å². The highest BCUT2D eigenvalue weighted by Gasteiger charge is 2.45. The molecule has 2 aromatic carbocycles. The van der Waals surface area contributed by atoms with Gasteiger partial charge in [0.15, 0.2) is 5.78 Å². The number of halogens is 1. The lowest BCUT2D eigenvalue weighted by atomic mass is 9.83. The van der Waals surface area contributed by atoms with Gasteiger partial charge in [0.1, 0.15) is 5.54 Å². The molecule has 1 aliphatic rings. The van der Waals surface area contributed by atoms with Crippen LogP contribution >= 0.6 is 15.9 Å².